The first kappa shape index (κ1) is 97.0. The fourth-order valence-corrected chi connectivity index (χ4v) is 20.0. The highest BCUT2D eigenvalue weighted by Crippen LogP contribution is 2.42. The number of sulfone groups is 2. The molecule has 33 heteroatoms. The third-order valence-corrected chi connectivity index (χ3v) is 27.3. The Morgan fingerprint density at radius 1 is 0.381 bits per heavy atom. The predicted octanol–water partition coefficient (Wildman–Crippen LogP) is 12.8. The van der Waals surface area contributed by atoms with Gasteiger partial charge in [0.05, 0.1) is 119 Å². The number of ketones is 2. The zero-order valence-corrected chi connectivity index (χ0v) is 74.5. The number of nitrogens with zero attached hydrogens (tertiary/aromatic N) is 4. The first-order chi connectivity index (χ1) is 56.7. The molecule has 0 fully saturated rings. The first-order valence-electron chi connectivity index (χ1n) is 40.2. The molecule has 0 bridgehead atoms. The monoisotopic (exact) mass is 1810 g/mol. The number of carbonyl (C=O) groups excluding carboxylic acids is 3. The highest BCUT2D eigenvalue weighted by molar-refractivity contribution is 7.91. The summed E-state index contributed by atoms with van der Waals surface area (Å²) in [5.74, 6) is -0.588. The molecular formula is C85H112Cl6N6O18S3. The minimum atomic E-state index is -3.83. The highest BCUT2D eigenvalue weighted by Gasteiger charge is 2.32. The van der Waals surface area contributed by atoms with Gasteiger partial charge < -0.3 is 67.5 Å². The lowest BCUT2D eigenvalue weighted by Gasteiger charge is -2.33. The van der Waals surface area contributed by atoms with Crippen molar-refractivity contribution in [3.63, 3.8) is 0 Å². The van der Waals surface area contributed by atoms with Crippen LogP contribution < -0.4 is 10.0 Å². The summed E-state index contributed by atoms with van der Waals surface area (Å²) in [6, 6.07) is 32.0. The zero-order chi connectivity index (χ0) is 84.5. The van der Waals surface area contributed by atoms with Crippen LogP contribution in [0.2, 0.25) is 30.1 Å². The molecule has 6 aromatic carbocycles. The number of benzene rings is 6. The van der Waals surface area contributed by atoms with Crippen LogP contribution in [0.5, 0.6) is 0 Å². The van der Waals surface area contributed by atoms with Crippen molar-refractivity contribution in [3.05, 3.63) is 189 Å². The lowest BCUT2D eigenvalue weighted by molar-refractivity contribution is -0.121. The van der Waals surface area contributed by atoms with Crippen LogP contribution in [-0.4, -0.2) is 266 Å². The Kier molecular flexibility index (Phi) is 41.3. The number of hydrogen-bond acceptors (Lipinski definition) is 22. The number of likely N-dealkylation sites (N-methyl/N-ethyl adjacent to an activating group) is 3. The molecule has 650 valence electrons. The van der Waals surface area contributed by atoms with E-state index in [9.17, 15) is 39.6 Å². The molecule has 0 saturated heterocycles. The number of fused-ring (bicyclic) bond motifs is 3. The average Bonchev–Trinajstić information content (AvgIpc) is 0.781. The van der Waals surface area contributed by atoms with Gasteiger partial charge in [0.25, 0.3) is 0 Å². The van der Waals surface area contributed by atoms with Crippen LogP contribution in [0.3, 0.4) is 0 Å². The van der Waals surface area contributed by atoms with Gasteiger partial charge in [-0.2, -0.15) is 0 Å². The van der Waals surface area contributed by atoms with Crippen molar-refractivity contribution < 1.29 is 82.3 Å². The zero-order valence-electron chi connectivity index (χ0n) is 67.5. The summed E-state index contributed by atoms with van der Waals surface area (Å²) in [6.07, 6.45) is 2.82. The van der Waals surface area contributed by atoms with Gasteiger partial charge in [0.15, 0.2) is 19.7 Å². The van der Waals surface area contributed by atoms with Crippen molar-refractivity contribution in [1.29, 1.82) is 0 Å². The van der Waals surface area contributed by atoms with Gasteiger partial charge in [-0.1, -0.05) is 106 Å². The van der Waals surface area contributed by atoms with E-state index in [-0.39, 0.29) is 160 Å². The molecule has 3 aliphatic rings. The fourth-order valence-electron chi connectivity index (χ4n) is 14.5. The Morgan fingerprint density at radius 3 is 1.07 bits per heavy atom. The van der Waals surface area contributed by atoms with Gasteiger partial charge in [-0.3, -0.25) is 14.4 Å². The van der Waals surface area contributed by atoms with Gasteiger partial charge in [0.2, 0.25) is 15.9 Å². The topological polar surface area (TPSA) is 274 Å². The van der Waals surface area contributed by atoms with Gasteiger partial charge in [0, 0.05) is 178 Å². The average molecular weight is 1810 g/mol. The van der Waals surface area contributed by atoms with E-state index in [1.165, 1.54) is 0 Å². The van der Waals surface area contributed by atoms with Crippen LogP contribution in [0.15, 0.2) is 124 Å². The maximum atomic E-state index is 13.4. The quantitative estimate of drug-likeness (QED) is 0.0336. The summed E-state index contributed by atoms with van der Waals surface area (Å²) < 4.78 is 134. The van der Waals surface area contributed by atoms with Crippen LogP contribution in [0, 0.1) is 0 Å². The van der Waals surface area contributed by atoms with Gasteiger partial charge >= 0.3 is 0 Å². The van der Waals surface area contributed by atoms with E-state index in [0.717, 1.165) is 50.1 Å². The van der Waals surface area contributed by atoms with E-state index >= 15 is 0 Å². The molecular weight excluding hydrogens is 1700 g/mol. The predicted molar refractivity (Wildman–Crippen MR) is 461 cm³/mol. The van der Waals surface area contributed by atoms with Crippen LogP contribution in [0.4, 0.5) is 0 Å². The molecule has 3 atom stereocenters. The normalized spacial score (nSPS) is 16.1. The molecule has 1 unspecified atom stereocenters. The number of carbonyl (C=O) groups is 3. The van der Waals surface area contributed by atoms with Crippen molar-refractivity contribution in [2.24, 2.45) is 0 Å². The SMILES string of the molecule is CN1Cc2c(Cl)cc(Cl)cc2C(c2cccc(S(=O)(=O)CCCOCCOCCOCCCC(=O)CCN(CCC(=O)CCCOCCOCCOCCCS(=O)(=O)c3cccc([C@@H]4CN(C)Cc5c(Cl)cc(Cl)cc54)c3)CCC(=O)NCCOCCOCCOCCNS(=O)(=O)c3cccc([C@@H]4CN(C)Cc5c(Cl)cc(Cl)cc54)c3)c2)C1. The minimum Gasteiger partial charge on any atom is -0.379 e. The van der Waals surface area contributed by atoms with Crippen molar-refractivity contribution >= 4 is 117 Å². The van der Waals surface area contributed by atoms with Gasteiger partial charge in [-0.15, -0.1) is 0 Å². The molecule has 9 rings (SSSR count). The smallest absolute Gasteiger partial charge is 0.240 e. The number of hydrogen-bond donors (Lipinski definition) is 2. The summed E-state index contributed by atoms with van der Waals surface area (Å²) in [6.45, 7) is 10.5. The number of amides is 1. The number of sulfonamides is 1. The van der Waals surface area contributed by atoms with Crippen LogP contribution >= 0.6 is 69.6 Å². The molecule has 24 nitrogen and oxygen atoms in total. The summed E-state index contributed by atoms with van der Waals surface area (Å²) in [5.41, 5.74) is 8.56. The third kappa shape index (κ3) is 32.0. The van der Waals surface area contributed by atoms with E-state index < -0.39 is 29.7 Å². The van der Waals surface area contributed by atoms with Crippen molar-refractivity contribution in [1.82, 2.24) is 29.6 Å². The second-order valence-corrected chi connectivity index (χ2v) is 38.3. The molecule has 0 spiro atoms. The number of nitrogens with one attached hydrogen (secondary N) is 2. The molecule has 3 aliphatic heterocycles. The molecule has 0 aromatic heterocycles. The fraction of sp³-hybridized carbons (Fsp3) is 0.541. The number of ether oxygens (including phenoxy) is 9. The maximum Gasteiger partial charge on any atom is 0.240 e. The van der Waals surface area contributed by atoms with Crippen molar-refractivity contribution in [3.8, 4) is 0 Å². The standard InChI is InChI=1S/C85H112Cl6N6O18S3/c1-94-56-76(73-50-65(86)53-82(89)79(73)59-94)62-11-4-16-70(47-62)116(101,102)45-9-29-109-35-41-113-39-33-107-27-7-14-68(98)19-24-97(25-20-69(99)15-8-28-108-34-40-114-42-36-110-30-10-46-117(103,104)71-17-5-12-63(48-71)77-57-95(2)60-80-74(77)51-66(87)54-83(80)90)26-21-85(100)92-22-31-111-37-43-115-44-38-112-32-23-93-118(105,106)72-18-6-13-64(49-72)78-58-96(3)61-81-75(78)52-67(88)55-84(81)91/h4-6,11-13,16-18,47-55,76-78,93H,7-10,14-15,19-46,56-61H2,1-3H3,(H,92,100)/t76-,77?,78-/m0/s1. The molecule has 0 saturated carbocycles. The Labute approximate surface area is 726 Å². The number of halogens is 6. The summed E-state index contributed by atoms with van der Waals surface area (Å²) >= 11 is 38.9. The molecule has 0 radical (unpaired) electrons. The second-order valence-electron chi connectivity index (χ2n) is 29.8. The van der Waals surface area contributed by atoms with Gasteiger partial charge in [0.1, 0.15) is 11.6 Å². The summed E-state index contributed by atoms with van der Waals surface area (Å²) in [5, 5.41) is 6.26. The Morgan fingerprint density at radius 2 is 0.695 bits per heavy atom. The number of rotatable bonds is 56. The largest absolute Gasteiger partial charge is 0.379 e. The Bertz CT molecular complexity index is 4130. The molecule has 6 aromatic rings. The minimum absolute atomic E-state index is 0.0280. The lowest BCUT2D eigenvalue weighted by Crippen LogP contribution is -2.34. The molecule has 3 heterocycles. The molecule has 1 amide bonds. The first-order valence-corrected chi connectivity index (χ1v) is 47.2. The Hall–Kier alpha value is -4.84. The lowest BCUT2D eigenvalue weighted by atomic mass is 9.85. The van der Waals surface area contributed by atoms with Crippen LogP contribution in [0.1, 0.15) is 126 Å². The van der Waals surface area contributed by atoms with Crippen molar-refractivity contribution in [2.75, 3.05) is 204 Å². The van der Waals surface area contributed by atoms with Crippen LogP contribution in [0.25, 0.3) is 0 Å². The van der Waals surface area contributed by atoms with Crippen molar-refractivity contribution in [2.45, 2.75) is 110 Å². The summed E-state index contributed by atoms with van der Waals surface area (Å²) in [4.78, 5) is 48.4. The molecule has 118 heavy (non-hydrogen) atoms. The highest BCUT2D eigenvalue weighted by atomic mass is 35.5. The van der Waals surface area contributed by atoms with E-state index in [1.807, 2.05) is 62.4 Å². The van der Waals surface area contributed by atoms with E-state index in [2.05, 4.69) is 24.7 Å². The van der Waals surface area contributed by atoms with Gasteiger partial charge in [-0.05, 0) is 170 Å². The second kappa shape index (κ2) is 50.2. The molecule has 0 aliphatic carbocycles. The Balaban J connectivity index is 0.605. The van der Waals surface area contributed by atoms with E-state index in [0.29, 0.717) is 180 Å². The summed E-state index contributed by atoms with van der Waals surface area (Å²) in [7, 11) is -4.98. The van der Waals surface area contributed by atoms with E-state index in [4.69, 9.17) is 112 Å². The number of Topliss-reactive ketones (excluding diaryl/α,β-unsaturated/α-hetero) is 2. The maximum absolute atomic E-state index is 13.4. The van der Waals surface area contributed by atoms with E-state index in [1.54, 1.807) is 72.8 Å². The van der Waals surface area contributed by atoms with Gasteiger partial charge in [-0.25, -0.2) is 30.0 Å². The third-order valence-electron chi connectivity index (χ3n) is 20.6. The molecule has 2 N–H and O–H groups in total. The van der Waals surface area contributed by atoms with Crippen LogP contribution in [-0.2, 0) is 106 Å².